The molecule has 2 heterocycles. The van der Waals surface area contributed by atoms with Gasteiger partial charge in [0, 0.05) is 28.0 Å². The summed E-state index contributed by atoms with van der Waals surface area (Å²) in [7, 11) is 0. The van der Waals surface area contributed by atoms with Crippen molar-refractivity contribution in [2.24, 2.45) is 0 Å². The van der Waals surface area contributed by atoms with Crippen LogP contribution in [0.2, 0.25) is 5.02 Å². The second-order valence-corrected chi connectivity index (χ2v) is 7.91. The Labute approximate surface area is 167 Å². The highest BCUT2D eigenvalue weighted by Gasteiger charge is 2.13. The lowest BCUT2D eigenvalue weighted by molar-refractivity contribution is 0.331. The lowest BCUT2D eigenvalue weighted by Crippen LogP contribution is -2.18. The Balaban J connectivity index is 0.000000278. The average Bonchev–Trinajstić information content (AvgIpc) is 3.38. The Morgan fingerprint density at radius 3 is 2.35 bits per heavy atom. The predicted octanol–water partition coefficient (Wildman–Crippen LogP) is 5.59. The maximum Gasteiger partial charge on any atom is 0.212 e. The molecular weight excluding hydrogens is 384 g/mol. The minimum absolute atomic E-state index is 0.798. The van der Waals surface area contributed by atoms with Crippen molar-refractivity contribution in [3.8, 4) is 0 Å². The van der Waals surface area contributed by atoms with Gasteiger partial charge in [0.05, 0.1) is 0 Å². The van der Waals surface area contributed by atoms with E-state index in [9.17, 15) is 0 Å². The first-order valence-corrected chi connectivity index (χ1v) is 10.5. The van der Waals surface area contributed by atoms with Crippen LogP contribution in [0, 0.1) is 0 Å². The van der Waals surface area contributed by atoms with Crippen LogP contribution in [0.3, 0.4) is 0 Å². The summed E-state index contributed by atoms with van der Waals surface area (Å²) in [5, 5.41) is 1.63. The van der Waals surface area contributed by atoms with Crippen LogP contribution < -0.4 is 4.72 Å². The molecule has 26 heavy (non-hydrogen) atoms. The molecule has 3 aromatic rings. The molecule has 1 aliphatic heterocycles. The van der Waals surface area contributed by atoms with Gasteiger partial charge in [0.1, 0.15) is 6.33 Å². The van der Waals surface area contributed by atoms with E-state index in [2.05, 4.69) is 31.1 Å². The molecular formula is C19H21ClN4S2. The smallest absolute Gasteiger partial charge is 0.212 e. The molecule has 0 amide bonds. The molecule has 2 aromatic carbocycles. The zero-order chi connectivity index (χ0) is 18.0. The van der Waals surface area contributed by atoms with E-state index in [0.29, 0.717) is 0 Å². The van der Waals surface area contributed by atoms with Crippen LogP contribution in [0.1, 0.15) is 18.4 Å². The van der Waals surface area contributed by atoms with Gasteiger partial charge in [-0.25, -0.2) is 4.98 Å². The van der Waals surface area contributed by atoms with Gasteiger partial charge in [0.2, 0.25) is 5.13 Å². The Hall–Kier alpha value is -1.60. The van der Waals surface area contributed by atoms with Gasteiger partial charge in [-0.05, 0) is 55.6 Å². The number of anilines is 1. The van der Waals surface area contributed by atoms with E-state index in [1.807, 2.05) is 42.5 Å². The van der Waals surface area contributed by atoms with Crippen LogP contribution in [-0.2, 0) is 6.54 Å². The Kier molecular flexibility index (Phi) is 7.76. The molecule has 0 aliphatic carbocycles. The second-order valence-electron chi connectivity index (χ2n) is 5.84. The zero-order valence-corrected chi connectivity index (χ0v) is 16.7. The topological polar surface area (TPSA) is 41.1 Å². The highest BCUT2D eigenvalue weighted by molar-refractivity contribution is 8.00. The number of nitrogens with one attached hydrogen (secondary N) is 1. The summed E-state index contributed by atoms with van der Waals surface area (Å²) >= 11 is 9.22. The molecule has 4 rings (SSSR count). The Morgan fingerprint density at radius 1 is 1.08 bits per heavy atom. The molecule has 0 atom stereocenters. The molecule has 0 radical (unpaired) electrons. The highest BCUT2D eigenvalue weighted by atomic mass is 35.5. The van der Waals surface area contributed by atoms with Crippen molar-refractivity contribution in [1.82, 2.24) is 14.3 Å². The third-order valence-electron chi connectivity index (χ3n) is 3.90. The van der Waals surface area contributed by atoms with Crippen molar-refractivity contribution in [2.75, 3.05) is 17.8 Å². The second kappa shape index (κ2) is 10.5. The van der Waals surface area contributed by atoms with Crippen LogP contribution in [0.5, 0.6) is 0 Å². The molecule has 0 saturated carbocycles. The van der Waals surface area contributed by atoms with Crippen LogP contribution in [0.15, 0.2) is 65.8 Å². The monoisotopic (exact) mass is 404 g/mol. The number of nitrogens with zero attached hydrogens (tertiary/aromatic N) is 3. The molecule has 7 heteroatoms. The number of aromatic nitrogens is 2. The lowest BCUT2D eigenvalue weighted by atomic mass is 10.2. The summed E-state index contributed by atoms with van der Waals surface area (Å²) in [6.45, 7) is 3.32. The zero-order valence-electron chi connectivity index (χ0n) is 14.3. The van der Waals surface area contributed by atoms with E-state index >= 15 is 0 Å². The first kappa shape index (κ1) is 19.2. The van der Waals surface area contributed by atoms with Crippen molar-refractivity contribution in [2.45, 2.75) is 24.3 Å². The van der Waals surface area contributed by atoms with Crippen molar-refractivity contribution in [1.29, 1.82) is 0 Å². The standard InChI is InChI=1S/C13H15ClN4S2.C6H6/c14-12-7-11(19-17-13-15-9-16-20-13)4-3-10(12)8-18-5-1-2-6-18;1-2-4-6-5-3-1/h3-4,7,9H,1-2,5-6,8H2,(H,15,16,17);1-6H. The normalized spacial score (nSPS) is 13.9. The van der Waals surface area contributed by atoms with E-state index < -0.39 is 0 Å². The molecule has 1 aliphatic rings. The first-order chi connectivity index (χ1) is 12.8. The number of hydrogen-bond donors (Lipinski definition) is 1. The van der Waals surface area contributed by atoms with Gasteiger partial charge in [-0.1, -0.05) is 54.1 Å². The van der Waals surface area contributed by atoms with Gasteiger partial charge in [0.25, 0.3) is 0 Å². The molecule has 136 valence electrons. The van der Waals surface area contributed by atoms with E-state index in [4.69, 9.17) is 11.6 Å². The molecule has 1 fully saturated rings. The van der Waals surface area contributed by atoms with Gasteiger partial charge in [-0.3, -0.25) is 4.90 Å². The average molecular weight is 405 g/mol. The van der Waals surface area contributed by atoms with Gasteiger partial charge < -0.3 is 4.72 Å². The number of rotatable bonds is 5. The Morgan fingerprint density at radius 2 is 1.77 bits per heavy atom. The van der Waals surface area contributed by atoms with Crippen LogP contribution in [-0.4, -0.2) is 27.3 Å². The van der Waals surface area contributed by atoms with Gasteiger partial charge in [0.15, 0.2) is 0 Å². The van der Waals surface area contributed by atoms with Crippen LogP contribution >= 0.6 is 35.1 Å². The van der Waals surface area contributed by atoms with Crippen LogP contribution in [0.4, 0.5) is 5.13 Å². The lowest BCUT2D eigenvalue weighted by Gasteiger charge is -2.16. The molecule has 1 N–H and O–H groups in total. The summed E-state index contributed by atoms with van der Waals surface area (Å²) < 4.78 is 7.10. The first-order valence-electron chi connectivity index (χ1n) is 8.51. The van der Waals surface area contributed by atoms with Crippen molar-refractivity contribution < 1.29 is 0 Å². The third kappa shape index (κ3) is 6.29. The summed E-state index contributed by atoms with van der Waals surface area (Å²) in [5.74, 6) is 0. The fourth-order valence-corrected chi connectivity index (χ4v) is 4.05. The maximum atomic E-state index is 6.38. The summed E-state index contributed by atoms with van der Waals surface area (Å²) in [5.41, 5.74) is 1.20. The predicted molar refractivity (Wildman–Crippen MR) is 112 cm³/mol. The maximum absolute atomic E-state index is 6.38. The molecule has 1 aromatic heterocycles. The number of halogens is 1. The summed E-state index contributed by atoms with van der Waals surface area (Å²) in [6.07, 6.45) is 4.15. The number of hydrogen-bond acceptors (Lipinski definition) is 6. The highest BCUT2D eigenvalue weighted by Crippen LogP contribution is 2.27. The fourth-order valence-electron chi connectivity index (χ4n) is 2.61. The van der Waals surface area contributed by atoms with E-state index in [0.717, 1.165) is 21.6 Å². The van der Waals surface area contributed by atoms with Crippen molar-refractivity contribution >= 4 is 40.2 Å². The number of likely N-dealkylation sites (tertiary alicyclic amines) is 1. The molecule has 4 nitrogen and oxygen atoms in total. The van der Waals surface area contributed by atoms with E-state index in [1.165, 1.54) is 55.0 Å². The van der Waals surface area contributed by atoms with Crippen molar-refractivity contribution in [3.05, 3.63) is 71.5 Å². The minimum atomic E-state index is 0.798. The van der Waals surface area contributed by atoms with Gasteiger partial charge in [-0.15, -0.1) is 0 Å². The quantitative estimate of drug-likeness (QED) is 0.561. The fraction of sp³-hybridized carbons (Fsp3) is 0.263. The largest absolute Gasteiger partial charge is 0.300 e. The summed E-state index contributed by atoms with van der Waals surface area (Å²) in [4.78, 5) is 7.61. The van der Waals surface area contributed by atoms with Gasteiger partial charge in [-0.2, -0.15) is 4.37 Å². The van der Waals surface area contributed by atoms with Crippen molar-refractivity contribution in [3.63, 3.8) is 0 Å². The minimum Gasteiger partial charge on any atom is -0.300 e. The SMILES string of the molecule is Clc1cc(SNc2ncns2)ccc1CN1CCCC1.c1ccccc1. The van der Waals surface area contributed by atoms with Gasteiger partial charge >= 0.3 is 0 Å². The molecule has 0 bridgehead atoms. The molecule has 0 spiro atoms. The Bertz CT molecular complexity index is 736. The molecule has 0 unspecified atom stereocenters. The van der Waals surface area contributed by atoms with E-state index in [-0.39, 0.29) is 0 Å². The van der Waals surface area contributed by atoms with E-state index in [1.54, 1.807) is 6.33 Å². The molecule has 1 saturated heterocycles. The third-order valence-corrected chi connectivity index (χ3v) is 5.75. The number of benzene rings is 2. The summed E-state index contributed by atoms with van der Waals surface area (Å²) in [6, 6.07) is 18.2. The van der Waals surface area contributed by atoms with Crippen LogP contribution in [0.25, 0.3) is 0 Å².